The van der Waals surface area contributed by atoms with E-state index < -0.39 is 6.17 Å². The van der Waals surface area contributed by atoms with Crippen LogP contribution in [0.5, 0.6) is 5.75 Å². The summed E-state index contributed by atoms with van der Waals surface area (Å²) in [6.07, 6.45) is 3.18. The fourth-order valence-corrected chi connectivity index (χ4v) is 6.39. The monoisotopic (exact) mass is 720 g/mol. The van der Waals surface area contributed by atoms with Gasteiger partial charge in [0, 0.05) is 36.7 Å². The number of phenols is 1. The number of benzene rings is 3. The summed E-state index contributed by atoms with van der Waals surface area (Å²) in [5, 5.41) is 19.3. The summed E-state index contributed by atoms with van der Waals surface area (Å²) >= 11 is 0. The van der Waals surface area contributed by atoms with Gasteiger partial charge in [0.1, 0.15) is 19.1 Å². The number of phenolic OH excluding ortho intramolecular Hbond substituents is 1. The standard InChI is InChI=1S/C32H38N8O3.C7H8O.CH2O/c33-30-20-38(18-25-8-4-10-28-27(25)9-5-13-35-28)31(41)22-40(30)32(42)21-39(36-17-23-6-2-1-3-7-23)19-26-16-29(37-43-26)24-11-14-34-15-12-24;1-6-2-4-7(8)5-3-6;1-2/h1-10,13,16,24,30,34,36H,11-12,14-15,17-22,33H2;2-5,8H,1H3;1H2. The Labute approximate surface area is 309 Å². The molecule has 5 N–H and O–H groups in total. The summed E-state index contributed by atoms with van der Waals surface area (Å²) in [4.78, 5) is 42.4. The predicted molar refractivity (Wildman–Crippen MR) is 202 cm³/mol. The van der Waals surface area contributed by atoms with E-state index in [0.717, 1.165) is 53.7 Å². The first-order valence-electron chi connectivity index (χ1n) is 17.7. The zero-order valence-corrected chi connectivity index (χ0v) is 30.1. The van der Waals surface area contributed by atoms with Gasteiger partial charge in [0.05, 0.1) is 37.0 Å². The van der Waals surface area contributed by atoms with Crippen LogP contribution >= 0.6 is 0 Å². The number of rotatable bonds is 10. The van der Waals surface area contributed by atoms with Gasteiger partial charge < -0.3 is 35.3 Å². The summed E-state index contributed by atoms with van der Waals surface area (Å²) in [5.74, 6) is 1.01. The number of nitrogens with two attached hydrogens (primary N) is 1. The lowest BCUT2D eigenvalue weighted by Crippen LogP contribution is -2.62. The molecule has 13 nitrogen and oxygen atoms in total. The Balaban J connectivity index is 0.000000475. The van der Waals surface area contributed by atoms with Gasteiger partial charge in [-0.05, 0) is 68.2 Å². The lowest BCUT2D eigenvalue weighted by Gasteiger charge is -2.40. The van der Waals surface area contributed by atoms with Crippen LogP contribution in [0.1, 0.15) is 46.9 Å². The molecule has 13 heteroatoms. The number of hydrazine groups is 1. The molecule has 4 heterocycles. The first kappa shape index (κ1) is 38.8. The number of carbonyl (C=O) groups is 3. The Morgan fingerprint density at radius 3 is 2.53 bits per heavy atom. The lowest BCUT2D eigenvalue weighted by atomic mass is 9.95. The van der Waals surface area contributed by atoms with Crippen molar-refractivity contribution in [1.82, 2.24) is 35.7 Å². The summed E-state index contributed by atoms with van der Waals surface area (Å²) in [6, 6.07) is 28.8. The van der Waals surface area contributed by atoms with Crippen LogP contribution in [0.4, 0.5) is 0 Å². The minimum Gasteiger partial charge on any atom is -0.508 e. The number of hydrogen-bond acceptors (Lipinski definition) is 11. The van der Waals surface area contributed by atoms with Gasteiger partial charge in [0.2, 0.25) is 11.8 Å². The van der Waals surface area contributed by atoms with Crippen LogP contribution in [0.2, 0.25) is 0 Å². The molecule has 0 spiro atoms. The maximum absolute atomic E-state index is 13.6. The zero-order chi connectivity index (χ0) is 37.6. The van der Waals surface area contributed by atoms with E-state index in [4.69, 9.17) is 20.2 Å². The quantitative estimate of drug-likeness (QED) is 0.155. The third-order valence-corrected chi connectivity index (χ3v) is 9.27. The van der Waals surface area contributed by atoms with Gasteiger partial charge in [-0.1, -0.05) is 71.4 Å². The molecule has 2 aliphatic rings. The molecule has 1 unspecified atom stereocenters. The number of fused-ring (bicyclic) bond motifs is 1. The smallest absolute Gasteiger partial charge is 0.242 e. The van der Waals surface area contributed by atoms with Crippen LogP contribution in [-0.2, 0) is 34.0 Å². The second-order valence-electron chi connectivity index (χ2n) is 13.1. The van der Waals surface area contributed by atoms with E-state index in [9.17, 15) is 9.59 Å². The number of aromatic nitrogens is 2. The Morgan fingerprint density at radius 2 is 1.79 bits per heavy atom. The number of pyridine rings is 1. The normalized spacial score (nSPS) is 16.1. The minimum atomic E-state index is -0.619. The molecule has 2 fully saturated rings. The Hall–Kier alpha value is -5.47. The molecule has 53 heavy (non-hydrogen) atoms. The van der Waals surface area contributed by atoms with Crippen LogP contribution in [0.3, 0.4) is 0 Å². The van der Waals surface area contributed by atoms with Gasteiger partial charge in [-0.25, -0.2) is 10.4 Å². The molecule has 0 aliphatic carbocycles. The van der Waals surface area contributed by atoms with Gasteiger partial charge in [-0.3, -0.25) is 14.6 Å². The van der Waals surface area contributed by atoms with Gasteiger partial charge in [-0.2, -0.15) is 0 Å². The van der Waals surface area contributed by atoms with E-state index in [1.54, 1.807) is 23.2 Å². The average Bonchev–Trinajstić information content (AvgIpc) is 3.67. The Morgan fingerprint density at radius 1 is 1.04 bits per heavy atom. The van der Waals surface area contributed by atoms with Crippen molar-refractivity contribution >= 4 is 29.5 Å². The topological polar surface area (TPSA) is 170 Å². The number of carbonyl (C=O) groups excluding carboxylic acids is 3. The lowest BCUT2D eigenvalue weighted by molar-refractivity contribution is -0.150. The summed E-state index contributed by atoms with van der Waals surface area (Å²) in [7, 11) is 0. The first-order chi connectivity index (χ1) is 25.8. The molecule has 7 rings (SSSR count). The third kappa shape index (κ3) is 11.0. The number of piperidine rings is 1. The van der Waals surface area contributed by atoms with E-state index in [1.165, 1.54) is 10.5 Å². The number of piperazine rings is 1. The highest BCUT2D eigenvalue weighted by molar-refractivity contribution is 5.88. The highest BCUT2D eigenvalue weighted by atomic mass is 16.5. The molecule has 3 aromatic carbocycles. The molecular weight excluding hydrogens is 672 g/mol. The van der Waals surface area contributed by atoms with Crippen LogP contribution in [0.25, 0.3) is 10.9 Å². The predicted octanol–water partition coefficient (Wildman–Crippen LogP) is 3.87. The highest BCUT2D eigenvalue weighted by Gasteiger charge is 2.34. The van der Waals surface area contributed by atoms with Crippen LogP contribution < -0.4 is 16.5 Å². The molecule has 5 aromatic rings. The second kappa shape index (κ2) is 19.4. The van der Waals surface area contributed by atoms with E-state index >= 15 is 0 Å². The van der Waals surface area contributed by atoms with Gasteiger partial charge in [-0.15, -0.1) is 0 Å². The summed E-state index contributed by atoms with van der Waals surface area (Å²) in [5.41, 5.74) is 15.0. The van der Waals surface area contributed by atoms with Crippen molar-refractivity contribution in [3.63, 3.8) is 0 Å². The number of aryl methyl sites for hydroxylation is 1. The molecular formula is C40H48N8O5. The molecule has 2 aliphatic heterocycles. The Kier molecular flexibility index (Phi) is 14.2. The van der Waals surface area contributed by atoms with Gasteiger partial charge in [0.15, 0.2) is 5.76 Å². The summed E-state index contributed by atoms with van der Waals surface area (Å²) in [6.45, 7) is 7.41. The van der Waals surface area contributed by atoms with Crippen molar-refractivity contribution in [2.24, 2.45) is 5.73 Å². The first-order valence-corrected chi connectivity index (χ1v) is 17.7. The molecule has 2 saturated heterocycles. The summed E-state index contributed by atoms with van der Waals surface area (Å²) < 4.78 is 5.70. The Bertz CT molecular complexity index is 1870. The van der Waals surface area contributed by atoms with Crippen molar-refractivity contribution in [3.8, 4) is 5.75 Å². The number of hydrogen-bond donors (Lipinski definition) is 4. The van der Waals surface area contributed by atoms with E-state index in [-0.39, 0.29) is 31.4 Å². The largest absolute Gasteiger partial charge is 0.508 e. The van der Waals surface area contributed by atoms with E-state index in [2.05, 4.69) is 20.9 Å². The maximum Gasteiger partial charge on any atom is 0.242 e. The van der Waals surface area contributed by atoms with Crippen LogP contribution in [0.15, 0.2) is 102 Å². The molecule has 0 radical (unpaired) electrons. The highest BCUT2D eigenvalue weighted by Crippen LogP contribution is 2.25. The van der Waals surface area contributed by atoms with E-state index in [0.29, 0.717) is 37.1 Å². The zero-order valence-electron chi connectivity index (χ0n) is 30.1. The fraction of sp³-hybridized carbons (Fsp3) is 0.325. The van der Waals surface area contributed by atoms with Crippen molar-refractivity contribution in [3.05, 3.63) is 125 Å². The minimum absolute atomic E-state index is 0.0200. The molecule has 2 amide bonds. The number of nitrogens with zero attached hydrogens (tertiary/aromatic N) is 5. The molecule has 278 valence electrons. The van der Waals surface area contributed by atoms with Crippen molar-refractivity contribution in [1.29, 1.82) is 0 Å². The third-order valence-electron chi connectivity index (χ3n) is 9.27. The second-order valence-corrected chi connectivity index (χ2v) is 13.1. The molecule has 2 aromatic heterocycles. The molecule has 1 atom stereocenters. The number of aromatic hydroxyl groups is 1. The molecule has 0 bridgehead atoms. The van der Waals surface area contributed by atoms with E-state index in [1.807, 2.05) is 97.6 Å². The average molecular weight is 721 g/mol. The van der Waals surface area contributed by atoms with Gasteiger partial charge in [0.25, 0.3) is 0 Å². The van der Waals surface area contributed by atoms with Crippen molar-refractivity contribution in [2.45, 2.75) is 51.5 Å². The van der Waals surface area contributed by atoms with Crippen molar-refractivity contribution in [2.75, 3.05) is 32.7 Å². The van der Waals surface area contributed by atoms with Crippen LogP contribution in [-0.4, -0.2) is 87.5 Å². The molecule has 0 saturated carbocycles. The van der Waals surface area contributed by atoms with Crippen molar-refractivity contribution < 1.29 is 24.0 Å². The number of amides is 2. The van der Waals surface area contributed by atoms with Crippen LogP contribution in [0, 0.1) is 6.92 Å². The van der Waals surface area contributed by atoms with Gasteiger partial charge >= 0.3 is 0 Å². The fourth-order valence-electron chi connectivity index (χ4n) is 6.39. The number of nitrogens with one attached hydrogen (secondary N) is 2. The SMILES string of the molecule is C=O.Cc1ccc(O)cc1.NC1CN(Cc2cccc3ncccc23)C(=O)CN1C(=O)CN(Cc1cc(C2CCNCC2)no1)NCc1ccccc1. The maximum atomic E-state index is 13.6.